The van der Waals surface area contributed by atoms with Gasteiger partial charge in [0.15, 0.2) is 0 Å². The van der Waals surface area contributed by atoms with Gasteiger partial charge < -0.3 is 4.90 Å². The van der Waals surface area contributed by atoms with Crippen molar-refractivity contribution in [3.63, 3.8) is 0 Å². The first-order chi connectivity index (χ1) is 4.22. The van der Waals surface area contributed by atoms with Gasteiger partial charge in [-0.05, 0) is 19.8 Å². The molecule has 0 saturated carbocycles. The zero-order chi connectivity index (χ0) is 7.28. The Balaban J connectivity index is 3.46. The van der Waals surface area contributed by atoms with Crippen molar-refractivity contribution in [3.05, 3.63) is 0 Å². The van der Waals surface area contributed by atoms with Crippen LogP contribution in [0.4, 0.5) is 0 Å². The molecule has 0 bridgehead atoms. The first-order valence-corrected chi connectivity index (χ1v) is 3.87. The molecule has 0 unspecified atom stereocenters. The second-order valence-corrected chi connectivity index (χ2v) is 2.63. The topological polar surface area (TPSA) is 3.24 Å². The molecule has 0 aliphatic carbocycles. The summed E-state index contributed by atoms with van der Waals surface area (Å²) in [7, 11) is 2.04. The summed E-state index contributed by atoms with van der Waals surface area (Å²) in [6, 6.07) is 0. The van der Waals surface area contributed by atoms with E-state index in [4.69, 9.17) is 12.2 Å². The molecule has 9 heavy (non-hydrogen) atoms. The molecule has 0 N–H and O–H groups in total. The quantitative estimate of drug-likeness (QED) is 0.559. The molecule has 0 aliphatic rings. The fourth-order valence-electron chi connectivity index (χ4n) is 0.581. The van der Waals surface area contributed by atoms with Crippen molar-refractivity contribution in [1.29, 1.82) is 0 Å². The normalized spacial score (nSPS) is 9.22. The highest BCUT2D eigenvalue weighted by Gasteiger charge is 1.97. The zero-order valence-corrected chi connectivity index (χ0v) is 7.29. The molecule has 0 heterocycles. The van der Waals surface area contributed by atoms with Crippen LogP contribution in [-0.4, -0.2) is 23.5 Å². The second kappa shape index (κ2) is 4.74. The largest absolute Gasteiger partial charge is 0.370 e. The van der Waals surface area contributed by atoms with Gasteiger partial charge >= 0.3 is 0 Å². The molecule has 0 spiro atoms. The van der Waals surface area contributed by atoms with E-state index < -0.39 is 0 Å². The molecule has 0 radical (unpaired) electrons. The first-order valence-electron chi connectivity index (χ1n) is 3.46. The lowest BCUT2D eigenvalue weighted by Gasteiger charge is -2.16. The molecule has 0 aliphatic heterocycles. The summed E-state index contributed by atoms with van der Waals surface area (Å²) in [5.74, 6) is 0. The second-order valence-electron chi connectivity index (χ2n) is 2.16. The van der Waals surface area contributed by atoms with E-state index >= 15 is 0 Å². The average Bonchev–Trinajstić information content (AvgIpc) is 1.87. The van der Waals surface area contributed by atoms with E-state index in [1.54, 1.807) is 0 Å². The minimum atomic E-state index is 1.03. The molecule has 54 valence electrons. The first kappa shape index (κ1) is 8.89. The maximum Gasteiger partial charge on any atom is 0.0776 e. The van der Waals surface area contributed by atoms with Gasteiger partial charge in [-0.3, -0.25) is 0 Å². The predicted octanol–water partition coefficient (Wildman–Crippen LogP) is 2.07. The monoisotopic (exact) mass is 145 g/mol. The lowest BCUT2D eigenvalue weighted by atomic mass is 10.3. The molecule has 0 atom stereocenters. The van der Waals surface area contributed by atoms with E-state index in [1.165, 1.54) is 0 Å². The molecule has 2 heteroatoms. The van der Waals surface area contributed by atoms with Gasteiger partial charge in [-0.15, -0.1) is 0 Å². The minimum Gasteiger partial charge on any atom is -0.370 e. The van der Waals surface area contributed by atoms with Gasteiger partial charge in [-0.2, -0.15) is 0 Å². The van der Waals surface area contributed by atoms with Crippen LogP contribution in [-0.2, 0) is 0 Å². The number of thiocarbonyl (C=S) groups is 1. The van der Waals surface area contributed by atoms with Gasteiger partial charge in [-0.25, -0.2) is 0 Å². The fourth-order valence-corrected chi connectivity index (χ4v) is 0.914. The lowest BCUT2D eigenvalue weighted by molar-refractivity contribution is 0.531. The van der Waals surface area contributed by atoms with Gasteiger partial charge in [-0.1, -0.05) is 19.1 Å². The maximum atomic E-state index is 5.10. The summed E-state index contributed by atoms with van der Waals surface area (Å²) in [4.78, 5) is 3.19. The lowest BCUT2D eigenvalue weighted by Crippen LogP contribution is -2.23. The Bertz CT molecular complexity index is 90.9. The van der Waals surface area contributed by atoms with Crippen molar-refractivity contribution >= 4 is 17.2 Å². The SMILES string of the molecule is CCCC(=S)N(C)CC. The Hall–Kier alpha value is -0.110. The summed E-state index contributed by atoms with van der Waals surface area (Å²) < 4.78 is 0. The summed E-state index contributed by atoms with van der Waals surface area (Å²) in [6.07, 6.45) is 2.21. The summed E-state index contributed by atoms with van der Waals surface area (Å²) >= 11 is 5.10. The van der Waals surface area contributed by atoms with E-state index in [2.05, 4.69) is 18.7 Å². The maximum absolute atomic E-state index is 5.10. The van der Waals surface area contributed by atoms with Gasteiger partial charge in [0, 0.05) is 13.6 Å². The number of hydrogen-bond acceptors (Lipinski definition) is 1. The third kappa shape index (κ3) is 3.46. The molecule has 0 aromatic carbocycles. The van der Waals surface area contributed by atoms with Crippen molar-refractivity contribution in [3.8, 4) is 0 Å². The Morgan fingerprint density at radius 2 is 2.00 bits per heavy atom. The molecular formula is C7H15NS. The van der Waals surface area contributed by atoms with Crippen molar-refractivity contribution in [1.82, 2.24) is 4.90 Å². The molecule has 0 aromatic heterocycles. The molecule has 0 fully saturated rings. The van der Waals surface area contributed by atoms with Crippen LogP contribution in [0.5, 0.6) is 0 Å². The zero-order valence-electron chi connectivity index (χ0n) is 6.48. The van der Waals surface area contributed by atoms with E-state index in [0.717, 1.165) is 24.4 Å². The van der Waals surface area contributed by atoms with Crippen LogP contribution in [0.1, 0.15) is 26.7 Å². The predicted molar refractivity (Wildman–Crippen MR) is 45.8 cm³/mol. The van der Waals surface area contributed by atoms with E-state index in [9.17, 15) is 0 Å². The van der Waals surface area contributed by atoms with E-state index in [-0.39, 0.29) is 0 Å². The van der Waals surface area contributed by atoms with Crippen LogP contribution < -0.4 is 0 Å². The van der Waals surface area contributed by atoms with Crippen LogP contribution in [0, 0.1) is 0 Å². The van der Waals surface area contributed by atoms with Crippen LogP contribution in [0.2, 0.25) is 0 Å². The van der Waals surface area contributed by atoms with Crippen LogP contribution in [0.3, 0.4) is 0 Å². The average molecular weight is 145 g/mol. The van der Waals surface area contributed by atoms with Crippen molar-refractivity contribution in [2.45, 2.75) is 26.7 Å². The van der Waals surface area contributed by atoms with Gasteiger partial charge in [0.2, 0.25) is 0 Å². The van der Waals surface area contributed by atoms with Gasteiger partial charge in [0.05, 0.1) is 4.99 Å². The highest BCUT2D eigenvalue weighted by atomic mass is 32.1. The standard InChI is InChI=1S/C7H15NS/c1-4-6-7(9)8(3)5-2/h4-6H2,1-3H3. The van der Waals surface area contributed by atoms with Crippen molar-refractivity contribution in [2.75, 3.05) is 13.6 Å². The smallest absolute Gasteiger partial charge is 0.0776 e. The van der Waals surface area contributed by atoms with Crippen molar-refractivity contribution in [2.24, 2.45) is 0 Å². The van der Waals surface area contributed by atoms with Gasteiger partial charge in [0.25, 0.3) is 0 Å². The van der Waals surface area contributed by atoms with E-state index in [1.807, 2.05) is 7.05 Å². The van der Waals surface area contributed by atoms with E-state index in [0.29, 0.717) is 0 Å². The highest BCUT2D eigenvalue weighted by molar-refractivity contribution is 7.80. The molecular weight excluding hydrogens is 130 g/mol. The summed E-state index contributed by atoms with van der Waals surface area (Å²) in [5, 5.41) is 0. The van der Waals surface area contributed by atoms with Crippen LogP contribution in [0.25, 0.3) is 0 Å². The molecule has 0 amide bonds. The third-order valence-electron chi connectivity index (χ3n) is 1.36. The van der Waals surface area contributed by atoms with Crippen LogP contribution in [0.15, 0.2) is 0 Å². The summed E-state index contributed by atoms with van der Waals surface area (Å²) in [6.45, 7) is 5.29. The Kier molecular flexibility index (Phi) is 4.68. The number of hydrogen-bond donors (Lipinski definition) is 0. The fraction of sp³-hybridized carbons (Fsp3) is 0.857. The van der Waals surface area contributed by atoms with Crippen LogP contribution >= 0.6 is 12.2 Å². The van der Waals surface area contributed by atoms with Crippen molar-refractivity contribution < 1.29 is 0 Å². The highest BCUT2D eigenvalue weighted by Crippen LogP contribution is 1.95. The third-order valence-corrected chi connectivity index (χ3v) is 1.88. The Labute approximate surface area is 63.0 Å². The Morgan fingerprint density at radius 3 is 2.33 bits per heavy atom. The molecule has 0 saturated heterocycles. The minimum absolute atomic E-state index is 1.03. The molecule has 0 rings (SSSR count). The Morgan fingerprint density at radius 1 is 1.44 bits per heavy atom. The number of rotatable bonds is 3. The molecule has 1 nitrogen and oxygen atoms in total. The molecule has 0 aromatic rings. The summed E-state index contributed by atoms with van der Waals surface area (Å²) in [5.41, 5.74) is 0. The number of nitrogens with zero attached hydrogens (tertiary/aromatic N) is 1. The van der Waals surface area contributed by atoms with Gasteiger partial charge in [0.1, 0.15) is 0 Å².